The van der Waals surface area contributed by atoms with Gasteiger partial charge in [0, 0.05) is 18.8 Å². The summed E-state index contributed by atoms with van der Waals surface area (Å²) >= 11 is 1.49. The Balaban J connectivity index is 2.01. The average Bonchev–Trinajstić information content (AvgIpc) is 2.51. The minimum atomic E-state index is 0.114. The highest BCUT2D eigenvalue weighted by Gasteiger charge is 2.27. The molecule has 0 saturated carbocycles. The van der Waals surface area contributed by atoms with Crippen LogP contribution in [-0.4, -0.2) is 23.7 Å². The van der Waals surface area contributed by atoms with Crippen molar-refractivity contribution in [2.24, 2.45) is 0 Å². The number of hydrogen-bond donors (Lipinski definition) is 2. The summed E-state index contributed by atoms with van der Waals surface area (Å²) < 4.78 is 5.33. The number of nitrogens with two attached hydrogens (primary N) is 1. The SMILES string of the molecule is CC1(Nc2ncc(N)s2)CCOCC1. The highest BCUT2D eigenvalue weighted by Crippen LogP contribution is 2.28. The molecular formula is C9H15N3OS. The zero-order valence-corrected chi connectivity index (χ0v) is 9.06. The van der Waals surface area contributed by atoms with Crippen LogP contribution in [0.15, 0.2) is 6.20 Å². The molecule has 1 aromatic heterocycles. The second-order valence-corrected chi connectivity index (χ2v) is 4.93. The normalized spacial score (nSPS) is 20.6. The summed E-state index contributed by atoms with van der Waals surface area (Å²) in [6.45, 7) is 3.85. The van der Waals surface area contributed by atoms with Gasteiger partial charge in [-0.05, 0) is 19.8 Å². The first kappa shape index (κ1) is 9.73. The highest BCUT2D eigenvalue weighted by molar-refractivity contribution is 7.19. The standard InChI is InChI=1S/C9H15N3OS/c1-9(2-4-13-5-3-9)12-8-11-6-7(10)14-8/h6H,2-5,10H2,1H3,(H,11,12). The third-order valence-electron chi connectivity index (χ3n) is 2.53. The number of anilines is 2. The molecule has 2 heterocycles. The van der Waals surface area contributed by atoms with Gasteiger partial charge in [-0.1, -0.05) is 11.3 Å². The van der Waals surface area contributed by atoms with Gasteiger partial charge in [0.15, 0.2) is 5.13 Å². The Bertz CT molecular complexity index is 307. The van der Waals surface area contributed by atoms with Crippen molar-refractivity contribution in [3.63, 3.8) is 0 Å². The predicted octanol–water partition coefficient (Wildman–Crippen LogP) is 1.71. The summed E-state index contributed by atoms with van der Waals surface area (Å²) in [5.41, 5.74) is 5.73. The Kier molecular flexibility index (Phi) is 2.60. The van der Waals surface area contributed by atoms with Gasteiger partial charge in [-0.25, -0.2) is 4.98 Å². The van der Waals surface area contributed by atoms with Gasteiger partial charge in [0.05, 0.1) is 6.20 Å². The van der Waals surface area contributed by atoms with Crippen molar-refractivity contribution in [3.05, 3.63) is 6.20 Å². The molecule has 5 heteroatoms. The van der Waals surface area contributed by atoms with Crippen LogP contribution in [0, 0.1) is 0 Å². The molecule has 0 aliphatic carbocycles. The molecule has 1 aliphatic heterocycles. The van der Waals surface area contributed by atoms with Crippen molar-refractivity contribution in [1.29, 1.82) is 0 Å². The lowest BCUT2D eigenvalue weighted by atomic mass is 9.93. The van der Waals surface area contributed by atoms with E-state index in [1.165, 1.54) is 11.3 Å². The van der Waals surface area contributed by atoms with Gasteiger partial charge >= 0.3 is 0 Å². The van der Waals surface area contributed by atoms with Crippen LogP contribution in [0.2, 0.25) is 0 Å². The van der Waals surface area contributed by atoms with Gasteiger partial charge in [0.2, 0.25) is 0 Å². The zero-order valence-electron chi connectivity index (χ0n) is 8.25. The molecule has 0 aromatic carbocycles. The topological polar surface area (TPSA) is 60.2 Å². The van der Waals surface area contributed by atoms with Gasteiger partial charge in [0.1, 0.15) is 5.00 Å². The fourth-order valence-corrected chi connectivity index (χ4v) is 2.28. The molecular weight excluding hydrogens is 198 g/mol. The molecule has 1 aliphatic rings. The average molecular weight is 213 g/mol. The molecule has 1 fully saturated rings. The second kappa shape index (κ2) is 3.74. The van der Waals surface area contributed by atoms with Gasteiger partial charge in [-0.15, -0.1) is 0 Å². The van der Waals surface area contributed by atoms with E-state index in [4.69, 9.17) is 10.5 Å². The lowest BCUT2D eigenvalue weighted by molar-refractivity contribution is 0.0658. The third-order valence-corrected chi connectivity index (χ3v) is 3.27. The Morgan fingerprint density at radius 3 is 2.86 bits per heavy atom. The third kappa shape index (κ3) is 2.16. The molecule has 1 saturated heterocycles. The first-order valence-electron chi connectivity index (χ1n) is 4.75. The van der Waals surface area contributed by atoms with Crippen LogP contribution in [0.3, 0.4) is 0 Å². The molecule has 2 rings (SSSR count). The van der Waals surface area contributed by atoms with Crippen LogP contribution in [0.5, 0.6) is 0 Å². The van der Waals surface area contributed by atoms with Gasteiger partial charge in [-0.3, -0.25) is 0 Å². The van der Waals surface area contributed by atoms with Crippen molar-refractivity contribution in [2.45, 2.75) is 25.3 Å². The van der Waals surface area contributed by atoms with Crippen LogP contribution in [0.4, 0.5) is 10.1 Å². The van der Waals surface area contributed by atoms with Crippen LogP contribution < -0.4 is 11.1 Å². The van der Waals surface area contributed by atoms with Crippen LogP contribution in [0.1, 0.15) is 19.8 Å². The lowest BCUT2D eigenvalue weighted by Gasteiger charge is -2.34. The van der Waals surface area contributed by atoms with Crippen LogP contribution in [-0.2, 0) is 4.74 Å². The molecule has 3 N–H and O–H groups in total. The monoisotopic (exact) mass is 213 g/mol. The van der Waals surface area contributed by atoms with Crippen molar-refractivity contribution < 1.29 is 4.74 Å². The van der Waals surface area contributed by atoms with Crippen molar-refractivity contribution in [1.82, 2.24) is 4.98 Å². The number of nitrogens with zero attached hydrogens (tertiary/aromatic N) is 1. The number of nitrogens with one attached hydrogen (secondary N) is 1. The van der Waals surface area contributed by atoms with E-state index < -0.39 is 0 Å². The van der Waals surface area contributed by atoms with E-state index in [0.29, 0.717) is 0 Å². The molecule has 4 nitrogen and oxygen atoms in total. The summed E-state index contributed by atoms with van der Waals surface area (Å²) in [6.07, 6.45) is 3.73. The van der Waals surface area contributed by atoms with Crippen molar-refractivity contribution in [2.75, 3.05) is 24.3 Å². The van der Waals surface area contributed by atoms with Crippen molar-refractivity contribution >= 4 is 21.5 Å². The summed E-state index contributed by atoms with van der Waals surface area (Å²) in [6, 6.07) is 0. The van der Waals surface area contributed by atoms with Crippen molar-refractivity contribution in [3.8, 4) is 0 Å². The lowest BCUT2D eigenvalue weighted by Crippen LogP contribution is -2.40. The summed E-state index contributed by atoms with van der Waals surface area (Å²) in [7, 11) is 0. The summed E-state index contributed by atoms with van der Waals surface area (Å²) in [5.74, 6) is 0. The number of aromatic nitrogens is 1. The van der Waals surface area contributed by atoms with E-state index in [-0.39, 0.29) is 5.54 Å². The smallest absolute Gasteiger partial charge is 0.185 e. The minimum Gasteiger partial charge on any atom is -0.389 e. The Morgan fingerprint density at radius 1 is 1.57 bits per heavy atom. The van der Waals surface area contributed by atoms with E-state index in [0.717, 1.165) is 36.2 Å². The molecule has 0 bridgehead atoms. The molecule has 0 spiro atoms. The molecule has 1 aromatic rings. The first-order valence-corrected chi connectivity index (χ1v) is 5.57. The fourth-order valence-electron chi connectivity index (χ4n) is 1.55. The number of thiazole rings is 1. The molecule has 0 atom stereocenters. The van der Waals surface area contributed by atoms with E-state index in [1.54, 1.807) is 6.20 Å². The largest absolute Gasteiger partial charge is 0.389 e. The summed E-state index contributed by atoms with van der Waals surface area (Å²) in [5, 5.41) is 5.09. The Hall–Kier alpha value is -0.810. The Morgan fingerprint density at radius 2 is 2.29 bits per heavy atom. The van der Waals surface area contributed by atoms with E-state index in [9.17, 15) is 0 Å². The Labute approximate surface area is 87.5 Å². The zero-order chi connectivity index (χ0) is 10.0. The fraction of sp³-hybridized carbons (Fsp3) is 0.667. The number of hydrogen-bond acceptors (Lipinski definition) is 5. The molecule has 14 heavy (non-hydrogen) atoms. The number of nitrogen functional groups attached to an aromatic ring is 1. The van der Waals surface area contributed by atoms with Crippen LogP contribution >= 0.6 is 11.3 Å². The highest BCUT2D eigenvalue weighted by atomic mass is 32.1. The maximum absolute atomic E-state index is 5.62. The predicted molar refractivity (Wildman–Crippen MR) is 58.6 cm³/mol. The van der Waals surface area contributed by atoms with E-state index in [2.05, 4.69) is 17.2 Å². The van der Waals surface area contributed by atoms with Gasteiger partial charge < -0.3 is 15.8 Å². The summed E-state index contributed by atoms with van der Waals surface area (Å²) in [4.78, 5) is 4.20. The maximum atomic E-state index is 5.62. The number of ether oxygens (including phenoxy) is 1. The first-order chi connectivity index (χ1) is 6.68. The maximum Gasteiger partial charge on any atom is 0.185 e. The van der Waals surface area contributed by atoms with Gasteiger partial charge in [0.25, 0.3) is 0 Å². The second-order valence-electron chi connectivity index (χ2n) is 3.87. The quantitative estimate of drug-likeness (QED) is 0.785. The van der Waals surface area contributed by atoms with Crippen LogP contribution in [0.25, 0.3) is 0 Å². The minimum absolute atomic E-state index is 0.114. The molecule has 0 radical (unpaired) electrons. The molecule has 0 amide bonds. The molecule has 0 unspecified atom stereocenters. The van der Waals surface area contributed by atoms with E-state index in [1.807, 2.05) is 0 Å². The molecule has 78 valence electrons. The van der Waals surface area contributed by atoms with E-state index >= 15 is 0 Å². The number of rotatable bonds is 2. The van der Waals surface area contributed by atoms with Gasteiger partial charge in [-0.2, -0.15) is 0 Å².